The standard InChI is InChI=1S/C17H17NO3/c1-12-8-6-7-11-15(12)17(20)21-13(2)16(19)18-14-9-4-3-5-10-14/h3-11,13H,1-2H3,(H,18,19)/t13-/m0/s1. The molecule has 21 heavy (non-hydrogen) atoms. The summed E-state index contributed by atoms with van der Waals surface area (Å²) in [4.78, 5) is 24.0. The maximum atomic E-state index is 12.0. The molecule has 0 bridgehead atoms. The fourth-order valence-corrected chi connectivity index (χ4v) is 1.84. The molecule has 4 nitrogen and oxygen atoms in total. The molecule has 0 unspecified atom stereocenters. The van der Waals surface area contributed by atoms with E-state index in [-0.39, 0.29) is 5.91 Å². The Morgan fingerprint density at radius 3 is 2.29 bits per heavy atom. The lowest BCUT2D eigenvalue weighted by Gasteiger charge is -2.14. The molecule has 0 fully saturated rings. The van der Waals surface area contributed by atoms with Gasteiger partial charge in [0, 0.05) is 5.69 Å². The number of para-hydroxylation sites is 1. The summed E-state index contributed by atoms with van der Waals surface area (Å²) >= 11 is 0. The van der Waals surface area contributed by atoms with Crippen molar-refractivity contribution < 1.29 is 14.3 Å². The van der Waals surface area contributed by atoms with Crippen LogP contribution in [0, 0.1) is 6.92 Å². The number of aryl methyl sites for hydroxylation is 1. The molecule has 0 aliphatic carbocycles. The van der Waals surface area contributed by atoms with E-state index >= 15 is 0 Å². The van der Waals surface area contributed by atoms with Gasteiger partial charge >= 0.3 is 5.97 Å². The van der Waals surface area contributed by atoms with Crippen LogP contribution in [0.1, 0.15) is 22.8 Å². The number of carbonyl (C=O) groups excluding carboxylic acids is 2. The van der Waals surface area contributed by atoms with Crippen LogP contribution in [0.5, 0.6) is 0 Å². The lowest BCUT2D eigenvalue weighted by molar-refractivity contribution is -0.123. The molecule has 0 aliphatic heterocycles. The molecule has 1 atom stereocenters. The van der Waals surface area contributed by atoms with Gasteiger partial charge in [0.2, 0.25) is 0 Å². The number of ether oxygens (including phenoxy) is 1. The van der Waals surface area contributed by atoms with E-state index in [1.165, 1.54) is 0 Å². The van der Waals surface area contributed by atoms with Gasteiger partial charge in [-0.25, -0.2) is 4.79 Å². The van der Waals surface area contributed by atoms with Crippen LogP contribution in [-0.4, -0.2) is 18.0 Å². The first kappa shape index (κ1) is 14.8. The summed E-state index contributed by atoms with van der Waals surface area (Å²) < 4.78 is 5.20. The highest BCUT2D eigenvalue weighted by Crippen LogP contribution is 2.11. The van der Waals surface area contributed by atoms with Crippen molar-refractivity contribution in [2.45, 2.75) is 20.0 Å². The van der Waals surface area contributed by atoms with Gasteiger partial charge in [-0.1, -0.05) is 36.4 Å². The highest BCUT2D eigenvalue weighted by atomic mass is 16.5. The molecule has 2 aromatic carbocycles. The van der Waals surface area contributed by atoms with E-state index in [4.69, 9.17) is 4.74 Å². The Balaban J connectivity index is 1.98. The van der Waals surface area contributed by atoms with Crippen molar-refractivity contribution in [3.63, 3.8) is 0 Å². The maximum absolute atomic E-state index is 12.0. The first-order valence-corrected chi connectivity index (χ1v) is 6.70. The Bertz CT molecular complexity index is 637. The fourth-order valence-electron chi connectivity index (χ4n) is 1.84. The van der Waals surface area contributed by atoms with Crippen molar-refractivity contribution >= 4 is 17.6 Å². The van der Waals surface area contributed by atoms with E-state index in [9.17, 15) is 9.59 Å². The molecule has 0 saturated carbocycles. The molecule has 0 radical (unpaired) electrons. The predicted molar refractivity (Wildman–Crippen MR) is 81.1 cm³/mol. The summed E-state index contributed by atoms with van der Waals surface area (Å²) in [6.07, 6.45) is -0.864. The molecular weight excluding hydrogens is 266 g/mol. The van der Waals surface area contributed by atoms with E-state index in [0.717, 1.165) is 5.56 Å². The molecule has 4 heteroatoms. The van der Waals surface area contributed by atoms with Crippen LogP contribution in [0.3, 0.4) is 0 Å². The van der Waals surface area contributed by atoms with E-state index in [1.54, 1.807) is 31.2 Å². The minimum Gasteiger partial charge on any atom is -0.449 e. The minimum absolute atomic E-state index is 0.358. The zero-order chi connectivity index (χ0) is 15.2. The zero-order valence-corrected chi connectivity index (χ0v) is 12.0. The van der Waals surface area contributed by atoms with E-state index in [2.05, 4.69) is 5.32 Å². The monoisotopic (exact) mass is 283 g/mol. The van der Waals surface area contributed by atoms with E-state index < -0.39 is 12.1 Å². The van der Waals surface area contributed by atoms with Gasteiger partial charge in [0.15, 0.2) is 6.10 Å². The van der Waals surface area contributed by atoms with Crippen molar-refractivity contribution in [2.75, 3.05) is 5.32 Å². The van der Waals surface area contributed by atoms with Crippen LogP contribution >= 0.6 is 0 Å². The molecule has 2 rings (SSSR count). The summed E-state index contributed by atoms with van der Waals surface area (Å²) in [7, 11) is 0. The van der Waals surface area contributed by atoms with Gasteiger partial charge in [0.25, 0.3) is 5.91 Å². The van der Waals surface area contributed by atoms with E-state index in [0.29, 0.717) is 11.3 Å². The van der Waals surface area contributed by atoms with E-state index in [1.807, 2.05) is 37.3 Å². The lowest BCUT2D eigenvalue weighted by Crippen LogP contribution is -2.30. The van der Waals surface area contributed by atoms with Gasteiger partial charge in [-0.3, -0.25) is 4.79 Å². The number of esters is 1. The summed E-state index contributed by atoms with van der Waals surface area (Å²) in [5, 5.41) is 2.70. The average Bonchev–Trinajstić information content (AvgIpc) is 2.48. The Kier molecular flexibility index (Phi) is 4.72. The number of nitrogens with one attached hydrogen (secondary N) is 1. The van der Waals surface area contributed by atoms with Gasteiger partial charge in [-0.15, -0.1) is 0 Å². The zero-order valence-electron chi connectivity index (χ0n) is 12.0. The fraction of sp³-hybridized carbons (Fsp3) is 0.176. The summed E-state index contributed by atoms with van der Waals surface area (Å²) in [6, 6.07) is 16.2. The van der Waals surface area contributed by atoms with Crippen LogP contribution in [-0.2, 0) is 9.53 Å². The molecule has 0 heterocycles. The maximum Gasteiger partial charge on any atom is 0.339 e. The second-order valence-electron chi connectivity index (χ2n) is 4.72. The van der Waals surface area contributed by atoms with Crippen LogP contribution in [0.2, 0.25) is 0 Å². The Labute approximate surface area is 123 Å². The van der Waals surface area contributed by atoms with Crippen molar-refractivity contribution in [3.05, 3.63) is 65.7 Å². The Morgan fingerprint density at radius 2 is 1.62 bits per heavy atom. The van der Waals surface area contributed by atoms with Crippen molar-refractivity contribution in [2.24, 2.45) is 0 Å². The Hall–Kier alpha value is -2.62. The van der Waals surface area contributed by atoms with Crippen LogP contribution in [0.25, 0.3) is 0 Å². The van der Waals surface area contributed by atoms with Crippen LogP contribution in [0.4, 0.5) is 5.69 Å². The first-order valence-electron chi connectivity index (χ1n) is 6.70. The normalized spacial score (nSPS) is 11.5. The lowest BCUT2D eigenvalue weighted by atomic mass is 10.1. The first-order chi connectivity index (χ1) is 10.1. The molecule has 0 aliphatic rings. The number of anilines is 1. The second kappa shape index (κ2) is 6.70. The van der Waals surface area contributed by atoms with Gasteiger partial charge < -0.3 is 10.1 Å². The second-order valence-corrected chi connectivity index (χ2v) is 4.72. The quantitative estimate of drug-likeness (QED) is 0.877. The third kappa shape index (κ3) is 3.92. The number of carbonyl (C=O) groups is 2. The third-order valence-electron chi connectivity index (χ3n) is 3.06. The largest absolute Gasteiger partial charge is 0.449 e. The molecule has 1 amide bonds. The van der Waals surface area contributed by atoms with Crippen LogP contribution in [0.15, 0.2) is 54.6 Å². The summed E-state index contributed by atoms with van der Waals surface area (Å²) in [5.41, 5.74) is 1.95. The molecule has 2 aromatic rings. The summed E-state index contributed by atoms with van der Waals surface area (Å²) in [5.74, 6) is -0.855. The highest BCUT2D eigenvalue weighted by molar-refractivity contribution is 5.97. The van der Waals surface area contributed by atoms with Crippen molar-refractivity contribution in [3.8, 4) is 0 Å². The molecular formula is C17H17NO3. The van der Waals surface area contributed by atoms with Gasteiger partial charge in [-0.2, -0.15) is 0 Å². The number of benzene rings is 2. The molecule has 1 N–H and O–H groups in total. The van der Waals surface area contributed by atoms with Crippen molar-refractivity contribution in [1.29, 1.82) is 0 Å². The number of amides is 1. The van der Waals surface area contributed by atoms with Gasteiger partial charge in [0.1, 0.15) is 0 Å². The smallest absolute Gasteiger partial charge is 0.339 e. The highest BCUT2D eigenvalue weighted by Gasteiger charge is 2.19. The minimum atomic E-state index is -0.864. The number of rotatable bonds is 4. The average molecular weight is 283 g/mol. The van der Waals surface area contributed by atoms with Crippen LogP contribution < -0.4 is 5.32 Å². The molecule has 0 spiro atoms. The summed E-state index contributed by atoms with van der Waals surface area (Å²) in [6.45, 7) is 3.37. The SMILES string of the molecule is Cc1ccccc1C(=O)O[C@@H](C)C(=O)Nc1ccccc1. The molecule has 0 aromatic heterocycles. The number of hydrogen-bond acceptors (Lipinski definition) is 3. The topological polar surface area (TPSA) is 55.4 Å². The third-order valence-corrected chi connectivity index (χ3v) is 3.06. The predicted octanol–water partition coefficient (Wildman–Crippen LogP) is 3.18. The van der Waals surface area contributed by atoms with Gasteiger partial charge in [0.05, 0.1) is 5.56 Å². The molecule has 108 valence electrons. The van der Waals surface area contributed by atoms with Crippen molar-refractivity contribution in [1.82, 2.24) is 0 Å². The molecule has 0 saturated heterocycles. The van der Waals surface area contributed by atoms with Gasteiger partial charge in [-0.05, 0) is 37.6 Å². The number of hydrogen-bond donors (Lipinski definition) is 1. The Morgan fingerprint density at radius 1 is 1.00 bits per heavy atom.